The molecular weight excluding hydrogens is 610 g/mol. The molecule has 12 heteroatoms. The van der Waals surface area contributed by atoms with Crippen LogP contribution in [0.25, 0.3) is 0 Å². The first-order valence-corrected chi connectivity index (χ1v) is 17.4. The number of nitrogens with one attached hydrogen (secondary N) is 1. The highest BCUT2D eigenvalue weighted by Gasteiger charge is 2.31. The summed E-state index contributed by atoms with van der Waals surface area (Å²) in [6.45, 7) is 5.61. The number of carbonyl (C=O) groups is 3. The average Bonchev–Trinajstić information content (AvgIpc) is 3.05. The van der Waals surface area contributed by atoms with Crippen LogP contribution in [0.2, 0.25) is 5.02 Å². The van der Waals surface area contributed by atoms with Crippen LogP contribution in [-0.4, -0.2) is 116 Å². The first-order valence-electron chi connectivity index (χ1n) is 17.0. The quantitative estimate of drug-likeness (QED) is 0.142. The van der Waals surface area contributed by atoms with Crippen LogP contribution in [0.3, 0.4) is 0 Å². The molecule has 11 nitrogen and oxygen atoms in total. The summed E-state index contributed by atoms with van der Waals surface area (Å²) in [6.07, 6.45) is 11.6. The minimum Gasteiger partial charge on any atom is -0.496 e. The maximum Gasteiger partial charge on any atom is 0.303 e. The molecule has 46 heavy (non-hydrogen) atoms. The minimum absolute atomic E-state index is 0.130. The van der Waals surface area contributed by atoms with Gasteiger partial charge < -0.3 is 40.3 Å². The lowest BCUT2D eigenvalue weighted by Crippen LogP contribution is -2.54. The van der Waals surface area contributed by atoms with Crippen molar-refractivity contribution in [3.63, 3.8) is 0 Å². The number of hydrogen-bond acceptors (Lipinski definition) is 8. The summed E-state index contributed by atoms with van der Waals surface area (Å²) in [7, 11) is 5.13. The third kappa shape index (κ3) is 12.2. The number of nitrogens with two attached hydrogens (primary N) is 1. The van der Waals surface area contributed by atoms with Gasteiger partial charge in [-0.1, -0.05) is 37.3 Å². The normalized spacial score (nSPS) is 20.7. The molecule has 2 fully saturated rings. The Bertz CT molecular complexity index is 1120. The number of rotatable bonds is 19. The number of carboxylic acids is 1. The summed E-state index contributed by atoms with van der Waals surface area (Å²) in [4.78, 5) is 43.5. The number of benzene rings is 1. The summed E-state index contributed by atoms with van der Waals surface area (Å²) in [5, 5.41) is 12.2. The molecule has 2 heterocycles. The minimum atomic E-state index is -0.708. The Hall–Kier alpha value is -2.60. The summed E-state index contributed by atoms with van der Waals surface area (Å²) >= 11 is 6.16. The van der Waals surface area contributed by atoms with Crippen molar-refractivity contribution in [2.45, 2.75) is 102 Å². The van der Waals surface area contributed by atoms with Crippen LogP contribution in [0.1, 0.15) is 93.8 Å². The summed E-state index contributed by atoms with van der Waals surface area (Å²) in [5.41, 5.74) is 6.57. The maximum atomic E-state index is 13.1. The molecule has 1 aromatic carbocycles. The van der Waals surface area contributed by atoms with Crippen LogP contribution in [-0.2, 0) is 14.3 Å². The first kappa shape index (κ1) is 37.9. The number of ether oxygens (including phenoxy) is 2. The number of hydrogen-bond donors (Lipinski definition) is 3. The van der Waals surface area contributed by atoms with Crippen molar-refractivity contribution >= 4 is 35.1 Å². The summed E-state index contributed by atoms with van der Waals surface area (Å²) in [5.74, 6) is -0.359. The van der Waals surface area contributed by atoms with E-state index in [9.17, 15) is 14.4 Å². The molecule has 0 saturated carbocycles. The molecule has 3 rings (SSSR count). The fraction of sp³-hybridized carbons (Fsp3) is 0.735. The van der Waals surface area contributed by atoms with E-state index < -0.39 is 5.97 Å². The molecular formula is C34H56ClN5O6. The van der Waals surface area contributed by atoms with Gasteiger partial charge in [-0.05, 0) is 70.6 Å². The number of likely N-dealkylation sites (tertiary alicyclic amines) is 2. The second-order valence-corrected chi connectivity index (χ2v) is 13.2. The second-order valence-electron chi connectivity index (χ2n) is 12.8. The van der Waals surface area contributed by atoms with E-state index in [4.69, 9.17) is 31.9 Å². The molecule has 0 unspecified atom stereocenters. The van der Waals surface area contributed by atoms with Crippen LogP contribution < -0.4 is 15.8 Å². The van der Waals surface area contributed by atoms with Crippen LogP contribution in [0.4, 0.5) is 5.69 Å². The highest BCUT2D eigenvalue weighted by Crippen LogP contribution is 2.29. The predicted octanol–water partition coefficient (Wildman–Crippen LogP) is 4.66. The van der Waals surface area contributed by atoms with E-state index >= 15 is 0 Å². The molecule has 2 amide bonds. The average molecular weight is 666 g/mol. The number of nitrogen functional groups attached to an aromatic ring is 1. The number of likely N-dealkylation sites (N-methyl/N-ethyl adjacent to an activating group) is 1. The highest BCUT2D eigenvalue weighted by molar-refractivity contribution is 6.33. The van der Waals surface area contributed by atoms with Crippen molar-refractivity contribution in [3.05, 3.63) is 22.7 Å². The van der Waals surface area contributed by atoms with Crippen molar-refractivity contribution in [2.75, 3.05) is 66.3 Å². The number of amides is 2. The molecule has 2 aliphatic rings. The molecule has 2 saturated heterocycles. The Morgan fingerprint density at radius 2 is 1.61 bits per heavy atom. The molecule has 1 aromatic rings. The van der Waals surface area contributed by atoms with E-state index in [1.54, 1.807) is 13.2 Å². The van der Waals surface area contributed by atoms with Crippen LogP contribution in [0.15, 0.2) is 12.1 Å². The Kier molecular flexibility index (Phi) is 16.4. The van der Waals surface area contributed by atoms with Crippen molar-refractivity contribution in [3.8, 4) is 5.75 Å². The van der Waals surface area contributed by atoms with Crippen LogP contribution in [0.5, 0.6) is 5.75 Å². The van der Waals surface area contributed by atoms with Crippen molar-refractivity contribution < 1.29 is 29.0 Å². The summed E-state index contributed by atoms with van der Waals surface area (Å²) in [6, 6.07) is 3.24. The fourth-order valence-corrected chi connectivity index (χ4v) is 6.77. The predicted molar refractivity (Wildman–Crippen MR) is 182 cm³/mol. The number of carboxylic acid groups (broad SMARTS) is 1. The first-order chi connectivity index (χ1) is 22.1. The van der Waals surface area contributed by atoms with Gasteiger partial charge in [0.2, 0.25) is 5.91 Å². The van der Waals surface area contributed by atoms with E-state index in [0.29, 0.717) is 28.4 Å². The van der Waals surface area contributed by atoms with Gasteiger partial charge >= 0.3 is 5.97 Å². The smallest absolute Gasteiger partial charge is 0.303 e. The number of aliphatic carboxylic acids is 1. The zero-order valence-electron chi connectivity index (χ0n) is 28.1. The molecule has 0 radical (unpaired) electrons. The number of methoxy groups -OCH3 is 2. The maximum absolute atomic E-state index is 13.1. The van der Waals surface area contributed by atoms with Crippen molar-refractivity contribution in [2.24, 2.45) is 0 Å². The van der Waals surface area contributed by atoms with E-state index in [-0.39, 0.29) is 36.4 Å². The number of anilines is 1. The fourth-order valence-electron chi connectivity index (χ4n) is 6.61. The molecule has 260 valence electrons. The van der Waals surface area contributed by atoms with Gasteiger partial charge in [0.1, 0.15) is 5.75 Å². The zero-order chi connectivity index (χ0) is 33.5. The number of halogens is 1. The van der Waals surface area contributed by atoms with Gasteiger partial charge in [0.05, 0.1) is 35.5 Å². The van der Waals surface area contributed by atoms with Crippen LogP contribution >= 0.6 is 11.6 Å². The third-order valence-corrected chi connectivity index (χ3v) is 9.80. The monoisotopic (exact) mass is 665 g/mol. The van der Waals surface area contributed by atoms with Crippen LogP contribution in [0, 0.1) is 0 Å². The van der Waals surface area contributed by atoms with Crippen molar-refractivity contribution in [1.29, 1.82) is 0 Å². The molecule has 0 spiro atoms. The van der Waals surface area contributed by atoms with Gasteiger partial charge in [-0.15, -0.1) is 0 Å². The Balaban J connectivity index is 1.30. The number of carbonyl (C=O) groups excluding carboxylic acids is 2. The molecule has 2 aliphatic heterocycles. The second kappa shape index (κ2) is 19.9. The molecule has 4 N–H and O–H groups in total. The molecule has 0 aliphatic carbocycles. The standard InChI is InChI=1S/C34H56ClN5O6/c1-38(25-13-12-19-39(23-25)17-10-6-4-5-9-15-33(42)43)32(41)14-8-7-11-18-40-20-16-29(31(24-40)46-3)37-34(44)26-21-27(35)28(36)22-30(26)45-2/h21-22,25,29,31H,4-20,23-24,36H2,1-3H3,(H,37,44)(H,42,43)/t25-,29-,31+/m1/s1. The van der Waals surface area contributed by atoms with E-state index in [0.717, 1.165) is 110 Å². The van der Waals surface area contributed by atoms with Gasteiger partial charge in [0.25, 0.3) is 5.91 Å². The molecule has 0 aromatic heterocycles. The Morgan fingerprint density at radius 1 is 0.957 bits per heavy atom. The number of nitrogens with zero attached hydrogens (tertiary/aromatic N) is 3. The summed E-state index contributed by atoms with van der Waals surface area (Å²) < 4.78 is 11.1. The molecule has 0 bridgehead atoms. The topological polar surface area (TPSA) is 138 Å². The lowest BCUT2D eigenvalue weighted by molar-refractivity contribution is -0.137. The van der Waals surface area contributed by atoms with Gasteiger partial charge in [0, 0.05) is 58.7 Å². The Labute approximate surface area is 280 Å². The van der Waals surface area contributed by atoms with E-state index in [1.165, 1.54) is 13.2 Å². The van der Waals surface area contributed by atoms with E-state index in [1.807, 2.05) is 11.9 Å². The number of unbranched alkanes of at least 4 members (excludes halogenated alkanes) is 6. The van der Waals surface area contributed by atoms with Gasteiger partial charge in [0.15, 0.2) is 0 Å². The highest BCUT2D eigenvalue weighted by atomic mass is 35.5. The Morgan fingerprint density at radius 3 is 2.30 bits per heavy atom. The zero-order valence-corrected chi connectivity index (χ0v) is 28.9. The van der Waals surface area contributed by atoms with Gasteiger partial charge in [-0.25, -0.2) is 0 Å². The SMILES string of the molecule is COc1cc(N)c(Cl)cc1C(=O)N[C@@H]1CCN(CCCCCC(=O)N(C)[C@@H]2CCCN(CCCCCCCC(=O)O)C2)C[C@@H]1OC. The third-order valence-electron chi connectivity index (χ3n) is 9.48. The molecule has 3 atom stereocenters. The number of piperidine rings is 2. The van der Waals surface area contributed by atoms with Gasteiger partial charge in [-0.2, -0.15) is 0 Å². The largest absolute Gasteiger partial charge is 0.496 e. The lowest BCUT2D eigenvalue weighted by atomic mass is 10.00. The van der Waals surface area contributed by atoms with E-state index in [2.05, 4.69) is 15.1 Å². The van der Waals surface area contributed by atoms with Crippen molar-refractivity contribution in [1.82, 2.24) is 20.0 Å². The lowest BCUT2D eigenvalue weighted by Gasteiger charge is -2.38. The van der Waals surface area contributed by atoms with Gasteiger partial charge in [-0.3, -0.25) is 14.4 Å².